The molecule has 2 aliphatic rings. The Labute approximate surface area is 100 Å². The van der Waals surface area contributed by atoms with Crippen molar-refractivity contribution in [1.29, 1.82) is 0 Å². The van der Waals surface area contributed by atoms with Crippen LogP contribution < -0.4 is 0 Å². The molecule has 0 aromatic heterocycles. The molecule has 17 heavy (non-hydrogen) atoms. The summed E-state index contributed by atoms with van der Waals surface area (Å²) in [5, 5.41) is 0. The lowest BCUT2D eigenvalue weighted by Crippen LogP contribution is -2.36. The van der Waals surface area contributed by atoms with E-state index in [0.717, 1.165) is 19.3 Å². The van der Waals surface area contributed by atoms with Crippen LogP contribution in [0.3, 0.4) is 0 Å². The molecule has 3 atom stereocenters. The Hall–Kier alpha value is -0.820. The summed E-state index contributed by atoms with van der Waals surface area (Å²) >= 11 is 0. The summed E-state index contributed by atoms with van der Waals surface area (Å²) < 4.78 is 37.9. The highest BCUT2D eigenvalue weighted by Gasteiger charge is 2.37. The van der Waals surface area contributed by atoms with E-state index in [1.807, 2.05) is 0 Å². The minimum atomic E-state index is -3.85. The second-order valence-electron chi connectivity index (χ2n) is 4.56. The van der Waals surface area contributed by atoms with Crippen LogP contribution in [0.25, 0.3) is 0 Å². The van der Waals surface area contributed by atoms with Crippen molar-refractivity contribution < 1.29 is 26.9 Å². The Kier molecular flexibility index (Phi) is 3.58. The van der Waals surface area contributed by atoms with Crippen molar-refractivity contribution in [3.8, 4) is 0 Å². The maximum atomic E-state index is 11.8. The van der Waals surface area contributed by atoms with E-state index >= 15 is 0 Å². The van der Waals surface area contributed by atoms with Gasteiger partial charge in [-0.15, -0.1) is 0 Å². The van der Waals surface area contributed by atoms with E-state index in [4.69, 9.17) is 4.18 Å². The summed E-state index contributed by atoms with van der Waals surface area (Å²) in [7, 11) is -3.85. The Morgan fingerprint density at radius 1 is 1.29 bits per heavy atom. The first-order chi connectivity index (χ1) is 7.97. The highest BCUT2D eigenvalue weighted by molar-refractivity contribution is 7.87. The van der Waals surface area contributed by atoms with Gasteiger partial charge in [0.05, 0.1) is 12.7 Å². The molecule has 0 aromatic carbocycles. The third kappa shape index (κ3) is 3.10. The van der Waals surface area contributed by atoms with Crippen molar-refractivity contribution in [2.75, 3.05) is 6.61 Å². The van der Waals surface area contributed by atoms with Crippen LogP contribution in [0.1, 0.15) is 32.6 Å². The van der Waals surface area contributed by atoms with Gasteiger partial charge in [0.1, 0.15) is 0 Å². The first kappa shape index (κ1) is 12.6. The van der Waals surface area contributed by atoms with Crippen molar-refractivity contribution in [3.05, 3.63) is 0 Å². The van der Waals surface area contributed by atoms with Crippen molar-refractivity contribution in [3.63, 3.8) is 0 Å². The van der Waals surface area contributed by atoms with Gasteiger partial charge >= 0.3 is 16.3 Å². The van der Waals surface area contributed by atoms with Crippen molar-refractivity contribution in [2.24, 2.45) is 5.92 Å². The number of cyclic esters (lactones) is 2. The number of ether oxygens (including phenoxy) is 2. The molecular weight excluding hydrogens is 248 g/mol. The number of carbonyl (C=O) groups excluding carboxylic acids is 1. The van der Waals surface area contributed by atoms with E-state index in [1.54, 1.807) is 0 Å². The molecule has 6 nitrogen and oxygen atoms in total. The minimum Gasteiger partial charge on any atom is -0.434 e. The Balaban J connectivity index is 1.96. The Morgan fingerprint density at radius 3 is 2.65 bits per heavy atom. The Morgan fingerprint density at radius 2 is 2.06 bits per heavy atom. The predicted octanol–water partition coefficient (Wildman–Crippen LogP) is 1.40. The fourth-order valence-electron chi connectivity index (χ4n) is 2.14. The maximum absolute atomic E-state index is 11.8. The minimum absolute atomic E-state index is 0.0488. The SMILES string of the molecule is CC1CCC(OS(=O)(=O)C2CCOC(=O)O2)C1. The number of hydrogen-bond acceptors (Lipinski definition) is 6. The molecule has 1 saturated carbocycles. The van der Waals surface area contributed by atoms with E-state index in [2.05, 4.69) is 16.4 Å². The lowest BCUT2D eigenvalue weighted by atomic mass is 10.1. The molecule has 3 unspecified atom stereocenters. The van der Waals surface area contributed by atoms with Gasteiger partial charge in [-0.1, -0.05) is 6.92 Å². The standard InChI is InChI=1S/C10H16O6S/c1-7-2-3-8(6-7)16-17(12,13)9-4-5-14-10(11)15-9/h7-9H,2-6H2,1H3. The summed E-state index contributed by atoms with van der Waals surface area (Å²) in [5.41, 5.74) is -1.22. The first-order valence-electron chi connectivity index (χ1n) is 5.73. The van der Waals surface area contributed by atoms with Gasteiger partial charge in [-0.2, -0.15) is 8.42 Å². The highest BCUT2D eigenvalue weighted by atomic mass is 32.2. The van der Waals surface area contributed by atoms with Crippen LogP contribution >= 0.6 is 0 Å². The normalized spacial score (nSPS) is 34.2. The topological polar surface area (TPSA) is 78.9 Å². The van der Waals surface area contributed by atoms with Crippen LogP contribution in [0.4, 0.5) is 4.79 Å². The molecule has 98 valence electrons. The van der Waals surface area contributed by atoms with Crippen LogP contribution in [0.5, 0.6) is 0 Å². The van der Waals surface area contributed by atoms with E-state index < -0.39 is 21.7 Å². The summed E-state index contributed by atoms with van der Waals surface area (Å²) in [6.45, 7) is 2.11. The fourth-order valence-corrected chi connectivity index (χ4v) is 3.40. The Bertz CT molecular complexity index is 390. The van der Waals surface area contributed by atoms with Gasteiger partial charge in [0.25, 0.3) is 0 Å². The van der Waals surface area contributed by atoms with E-state index in [1.165, 1.54) is 0 Å². The van der Waals surface area contributed by atoms with Crippen LogP contribution in [0, 0.1) is 5.92 Å². The van der Waals surface area contributed by atoms with Gasteiger partial charge in [0.2, 0.25) is 5.44 Å². The zero-order chi connectivity index (χ0) is 12.5. The molecule has 7 heteroatoms. The average Bonchev–Trinajstić information content (AvgIpc) is 2.63. The van der Waals surface area contributed by atoms with Crippen LogP contribution in [0.2, 0.25) is 0 Å². The lowest BCUT2D eigenvalue weighted by molar-refractivity contribution is -0.000592. The molecule has 2 fully saturated rings. The van der Waals surface area contributed by atoms with E-state index in [-0.39, 0.29) is 19.1 Å². The van der Waals surface area contributed by atoms with E-state index in [9.17, 15) is 13.2 Å². The number of carbonyl (C=O) groups is 1. The van der Waals surface area contributed by atoms with Gasteiger partial charge in [0, 0.05) is 6.42 Å². The van der Waals surface area contributed by atoms with Gasteiger partial charge < -0.3 is 9.47 Å². The second-order valence-corrected chi connectivity index (χ2v) is 6.27. The molecule has 1 heterocycles. The van der Waals surface area contributed by atoms with Gasteiger partial charge in [0.15, 0.2) is 0 Å². The molecule has 1 saturated heterocycles. The first-order valence-corrected chi connectivity index (χ1v) is 7.20. The highest BCUT2D eigenvalue weighted by Crippen LogP contribution is 2.30. The number of hydrogen-bond donors (Lipinski definition) is 0. The van der Waals surface area contributed by atoms with E-state index in [0.29, 0.717) is 5.92 Å². The molecule has 0 bridgehead atoms. The molecule has 0 amide bonds. The second kappa shape index (κ2) is 4.81. The molecular formula is C10H16O6S. The number of rotatable bonds is 3. The molecule has 1 aliphatic carbocycles. The van der Waals surface area contributed by atoms with Crippen LogP contribution in [-0.4, -0.2) is 32.7 Å². The zero-order valence-corrected chi connectivity index (χ0v) is 10.4. The molecule has 0 aromatic rings. The third-order valence-corrected chi connectivity index (χ3v) is 4.56. The molecule has 1 aliphatic heterocycles. The smallest absolute Gasteiger partial charge is 0.434 e. The van der Waals surface area contributed by atoms with Crippen molar-refractivity contribution in [1.82, 2.24) is 0 Å². The molecule has 0 spiro atoms. The van der Waals surface area contributed by atoms with Crippen LogP contribution in [-0.2, 0) is 23.8 Å². The molecule has 0 N–H and O–H groups in total. The summed E-state index contributed by atoms with van der Waals surface area (Å²) in [6, 6.07) is 0. The van der Waals surface area contributed by atoms with Crippen LogP contribution in [0.15, 0.2) is 0 Å². The van der Waals surface area contributed by atoms with Gasteiger partial charge in [-0.05, 0) is 25.2 Å². The largest absolute Gasteiger partial charge is 0.509 e. The zero-order valence-electron chi connectivity index (χ0n) is 9.63. The molecule has 0 radical (unpaired) electrons. The fraction of sp³-hybridized carbons (Fsp3) is 0.900. The summed E-state index contributed by atoms with van der Waals surface area (Å²) in [6.07, 6.45) is 1.32. The monoisotopic (exact) mass is 264 g/mol. The maximum Gasteiger partial charge on any atom is 0.509 e. The average molecular weight is 264 g/mol. The lowest BCUT2D eigenvalue weighted by Gasteiger charge is -2.23. The van der Waals surface area contributed by atoms with Crippen molar-refractivity contribution >= 4 is 16.3 Å². The summed E-state index contributed by atoms with van der Waals surface area (Å²) in [4.78, 5) is 10.8. The third-order valence-electron chi connectivity index (χ3n) is 3.04. The van der Waals surface area contributed by atoms with Crippen molar-refractivity contribution in [2.45, 2.75) is 44.1 Å². The predicted molar refractivity (Wildman–Crippen MR) is 57.6 cm³/mol. The quantitative estimate of drug-likeness (QED) is 0.566. The van der Waals surface area contributed by atoms with Gasteiger partial charge in [-0.3, -0.25) is 4.18 Å². The summed E-state index contributed by atoms with van der Waals surface area (Å²) in [5.74, 6) is 0.479. The van der Waals surface area contributed by atoms with Gasteiger partial charge in [-0.25, -0.2) is 4.79 Å². The molecule has 2 rings (SSSR count).